The summed E-state index contributed by atoms with van der Waals surface area (Å²) in [6.07, 6.45) is 0. The lowest BCUT2D eigenvalue weighted by molar-refractivity contribution is 0.622. The van der Waals surface area contributed by atoms with Crippen LogP contribution in [-0.4, -0.2) is 9.55 Å². The average molecular weight is 724 g/mol. The Kier molecular flexibility index (Phi) is 6.44. The number of para-hydroxylation sites is 3. The van der Waals surface area contributed by atoms with Crippen molar-refractivity contribution < 1.29 is 8.83 Å². The first-order valence-corrected chi connectivity index (χ1v) is 19.2. The molecule has 0 bridgehead atoms. The van der Waals surface area contributed by atoms with Crippen molar-refractivity contribution in [3.63, 3.8) is 0 Å². The summed E-state index contributed by atoms with van der Waals surface area (Å²) in [6.45, 7) is 0. The zero-order valence-corrected chi connectivity index (χ0v) is 30.1. The van der Waals surface area contributed by atoms with Gasteiger partial charge in [0.05, 0.1) is 22.1 Å². The van der Waals surface area contributed by atoms with Crippen LogP contribution in [0.3, 0.4) is 0 Å². The maximum absolute atomic E-state index is 6.86. The number of fused-ring (bicyclic) bond motifs is 11. The molecule has 0 spiro atoms. The second-order valence-corrected chi connectivity index (χ2v) is 15.0. The van der Waals surface area contributed by atoms with Gasteiger partial charge in [0.15, 0.2) is 11.2 Å². The molecule has 258 valence electrons. The van der Waals surface area contributed by atoms with Gasteiger partial charge in [-0.15, -0.1) is 11.3 Å². The van der Waals surface area contributed by atoms with E-state index in [4.69, 9.17) is 13.8 Å². The predicted octanol–water partition coefficient (Wildman–Crippen LogP) is 14.3. The molecule has 5 nitrogen and oxygen atoms in total. The van der Waals surface area contributed by atoms with Gasteiger partial charge < -0.3 is 18.3 Å². The molecule has 0 amide bonds. The largest absolute Gasteiger partial charge is 0.454 e. The van der Waals surface area contributed by atoms with Gasteiger partial charge in [-0.25, -0.2) is 4.98 Å². The van der Waals surface area contributed by atoms with Crippen LogP contribution in [0.1, 0.15) is 0 Å². The van der Waals surface area contributed by atoms with E-state index >= 15 is 0 Å². The molecule has 0 unspecified atom stereocenters. The maximum atomic E-state index is 6.86. The van der Waals surface area contributed by atoms with E-state index in [-0.39, 0.29) is 0 Å². The molecule has 0 fully saturated rings. The van der Waals surface area contributed by atoms with Gasteiger partial charge in [0.1, 0.15) is 11.1 Å². The molecule has 0 saturated heterocycles. The van der Waals surface area contributed by atoms with Crippen LogP contribution in [0.5, 0.6) is 0 Å². The van der Waals surface area contributed by atoms with E-state index in [0.29, 0.717) is 11.5 Å². The highest BCUT2D eigenvalue weighted by molar-refractivity contribution is 7.25. The Balaban J connectivity index is 1.19. The van der Waals surface area contributed by atoms with E-state index < -0.39 is 0 Å². The molecule has 12 rings (SSSR count). The highest BCUT2D eigenvalue weighted by Crippen LogP contribution is 2.48. The van der Waals surface area contributed by atoms with E-state index in [1.54, 1.807) is 0 Å². The molecule has 4 aromatic heterocycles. The van der Waals surface area contributed by atoms with E-state index in [2.05, 4.69) is 137 Å². The quantitative estimate of drug-likeness (QED) is 0.177. The Morgan fingerprint density at radius 1 is 0.491 bits per heavy atom. The van der Waals surface area contributed by atoms with Crippen molar-refractivity contribution in [3.05, 3.63) is 176 Å². The highest BCUT2D eigenvalue weighted by atomic mass is 32.1. The first kappa shape index (κ1) is 30.3. The molecular weight excluding hydrogens is 695 g/mol. The maximum Gasteiger partial charge on any atom is 0.227 e. The van der Waals surface area contributed by atoms with Crippen molar-refractivity contribution in [1.29, 1.82) is 0 Å². The number of rotatable bonds is 5. The minimum atomic E-state index is 0.575. The second-order valence-electron chi connectivity index (χ2n) is 13.9. The average Bonchev–Trinajstić information content (AvgIpc) is 4.02. The third-order valence-electron chi connectivity index (χ3n) is 10.8. The number of furan rings is 1. The zero-order valence-electron chi connectivity index (χ0n) is 29.3. The lowest BCUT2D eigenvalue weighted by atomic mass is 10.1. The number of oxazole rings is 1. The summed E-state index contributed by atoms with van der Waals surface area (Å²) < 4.78 is 18.4. The number of hydrogen-bond acceptors (Lipinski definition) is 5. The summed E-state index contributed by atoms with van der Waals surface area (Å²) in [5, 5.41) is 6.81. The van der Waals surface area contributed by atoms with E-state index in [1.165, 1.54) is 30.9 Å². The fourth-order valence-electron chi connectivity index (χ4n) is 8.36. The molecule has 0 N–H and O–H groups in total. The molecule has 0 saturated carbocycles. The van der Waals surface area contributed by atoms with Crippen LogP contribution in [0.4, 0.5) is 17.1 Å². The Morgan fingerprint density at radius 3 is 2.00 bits per heavy atom. The molecular formula is C49H29N3O2S. The first-order chi connectivity index (χ1) is 27.3. The van der Waals surface area contributed by atoms with Gasteiger partial charge in [0, 0.05) is 59.0 Å². The number of nitrogens with zero attached hydrogens (tertiary/aromatic N) is 3. The minimum absolute atomic E-state index is 0.575. The van der Waals surface area contributed by atoms with Crippen LogP contribution in [0.2, 0.25) is 0 Å². The monoisotopic (exact) mass is 723 g/mol. The molecule has 55 heavy (non-hydrogen) atoms. The molecule has 8 aromatic carbocycles. The van der Waals surface area contributed by atoms with Crippen LogP contribution < -0.4 is 4.90 Å². The normalized spacial score (nSPS) is 12.0. The summed E-state index contributed by atoms with van der Waals surface area (Å²) in [5.74, 6) is 0.575. The van der Waals surface area contributed by atoms with Crippen molar-refractivity contribution in [2.24, 2.45) is 0 Å². The lowest BCUT2D eigenvalue weighted by Gasteiger charge is -2.26. The Hall–Kier alpha value is -7.15. The number of hydrogen-bond donors (Lipinski definition) is 0. The van der Waals surface area contributed by atoms with Crippen LogP contribution >= 0.6 is 11.3 Å². The molecule has 0 atom stereocenters. The first-order valence-electron chi connectivity index (χ1n) is 18.4. The van der Waals surface area contributed by atoms with Crippen molar-refractivity contribution in [2.75, 3.05) is 4.90 Å². The Morgan fingerprint density at radius 2 is 1.15 bits per heavy atom. The van der Waals surface area contributed by atoms with Crippen molar-refractivity contribution in [2.45, 2.75) is 0 Å². The lowest BCUT2D eigenvalue weighted by Crippen LogP contribution is -2.10. The van der Waals surface area contributed by atoms with Gasteiger partial charge in [-0.05, 0) is 72.8 Å². The summed E-state index contributed by atoms with van der Waals surface area (Å²) in [7, 11) is 0. The van der Waals surface area contributed by atoms with E-state index in [1.807, 2.05) is 59.9 Å². The van der Waals surface area contributed by atoms with E-state index in [0.717, 1.165) is 66.8 Å². The molecule has 0 aliphatic heterocycles. The fourth-order valence-corrected chi connectivity index (χ4v) is 9.50. The summed E-state index contributed by atoms with van der Waals surface area (Å²) in [4.78, 5) is 7.45. The standard InChI is InChI=1S/C49H29N3O2S/c1-3-13-30(14-4-1)49-50-39-29-42(48-46(47(39)54-49)38-19-8-11-21-43(38)53-48)51(33-24-26-37-36-18-9-12-22-44(36)55-45(37)28-33)32-23-25-35-34-17-7-10-20-40(34)52(41(35)27-32)31-15-5-2-6-16-31/h1-29H. The van der Waals surface area contributed by atoms with Crippen molar-refractivity contribution in [1.82, 2.24) is 9.55 Å². The highest BCUT2D eigenvalue weighted by Gasteiger charge is 2.26. The number of thiophene rings is 1. The molecule has 4 heterocycles. The topological polar surface area (TPSA) is 47.3 Å². The summed E-state index contributed by atoms with van der Waals surface area (Å²) >= 11 is 1.82. The SMILES string of the molecule is c1ccc(-c2nc3cc(N(c4ccc5c(c4)sc4ccccc45)c4ccc5c6ccccc6n(-c6ccccc6)c5c4)c4oc5ccccc5c4c3o2)cc1. The second kappa shape index (κ2) is 11.7. The van der Waals surface area contributed by atoms with Gasteiger partial charge in [-0.2, -0.15) is 0 Å². The van der Waals surface area contributed by atoms with Crippen molar-refractivity contribution in [3.8, 4) is 17.1 Å². The van der Waals surface area contributed by atoms with Gasteiger partial charge in [0.25, 0.3) is 0 Å². The third-order valence-corrected chi connectivity index (χ3v) is 11.9. The fraction of sp³-hybridized carbons (Fsp3) is 0. The molecule has 12 aromatic rings. The molecule has 6 heteroatoms. The van der Waals surface area contributed by atoms with Gasteiger partial charge in [-0.3, -0.25) is 0 Å². The predicted molar refractivity (Wildman–Crippen MR) is 229 cm³/mol. The van der Waals surface area contributed by atoms with Crippen LogP contribution in [-0.2, 0) is 0 Å². The summed E-state index contributed by atoms with van der Waals surface area (Å²) in [5.41, 5.74) is 10.2. The van der Waals surface area contributed by atoms with Crippen LogP contribution in [0.25, 0.3) is 92.2 Å². The van der Waals surface area contributed by atoms with E-state index in [9.17, 15) is 0 Å². The van der Waals surface area contributed by atoms with Crippen LogP contribution in [0.15, 0.2) is 185 Å². The Bertz CT molecular complexity index is 3450. The van der Waals surface area contributed by atoms with Gasteiger partial charge >= 0.3 is 0 Å². The number of benzene rings is 8. The summed E-state index contributed by atoms with van der Waals surface area (Å²) in [6, 6.07) is 61.9. The smallest absolute Gasteiger partial charge is 0.227 e. The molecule has 0 aliphatic carbocycles. The molecule has 0 aliphatic rings. The minimum Gasteiger partial charge on any atom is -0.454 e. The Labute approximate surface area is 318 Å². The number of anilines is 3. The van der Waals surface area contributed by atoms with Gasteiger partial charge in [-0.1, -0.05) is 103 Å². The van der Waals surface area contributed by atoms with Crippen LogP contribution in [0, 0.1) is 0 Å². The third kappa shape index (κ3) is 4.55. The van der Waals surface area contributed by atoms with Gasteiger partial charge in [0.2, 0.25) is 5.89 Å². The zero-order chi connectivity index (χ0) is 36.0. The van der Waals surface area contributed by atoms with Crippen molar-refractivity contribution >= 4 is 103 Å². The molecule has 0 radical (unpaired) electrons. The number of aromatic nitrogens is 2.